The Kier molecular flexibility index (Phi) is 4.53. The summed E-state index contributed by atoms with van der Waals surface area (Å²) in [7, 11) is 1.57. The summed E-state index contributed by atoms with van der Waals surface area (Å²) in [6.07, 6.45) is 5.29. The minimum absolute atomic E-state index is 0.246. The molecule has 0 aliphatic heterocycles. The van der Waals surface area contributed by atoms with Crippen LogP contribution in [-0.4, -0.2) is 31.5 Å². The molecule has 0 N–H and O–H groups in total. The molecule has 0 unspecified atom stereocenters. The summed E-state index contributed by atoms with van der Waals surface area (Å²) in [5, 5.41) is 13.3. The smallest absolute Gasteiger partial charge is 0.168 e. The third-order valence-electron chi connectivity index (χ3n) is 5.95. The van der Waals surface area contributed by atoms with Crippen molar-refractivity contribution in [1.82, 2.24) is 24.4 Å². The number of methoxy groups -OCH3 is 1. The van der Waals surface area contributed by atoms with Crippen LogP contribution in [0, 0.1) is 19.7 Å². The number of pyridine rings is 1. The highest BCUT2D eigenvalue weighted by Gasteiger charge is 2.28. The fourth-order valence-corrected chi connectivity index (χ4v) is 4.32. The van der Waals surface area contributed by atoms with E-state index >= 15 is 0 Å². The molecular formula is C23H24FN5O. The Hall–Kier alpha value is -3.22. The molecule has 5 rings (SSSR count). The highest BCUT2D eigenvalue weighted by Crippen LogP contribution is 2.39. The summed E-state index contributed by atoms with van der Waals surface area (Å²) in [5.74, 6) is 0.329. The molecule has 1 aromatic carbocycles. The average molecular weight is 405 g/mol. The predicted octanol–water partition coefficient (Wildman–Crippen LogP) is 4.48. The van der Waals surface area contributed by atoms with Crippen molar-refractivity contribution in [2.75, 3.05) is 7.11 Å². The molecule has 1 saturated carbocycles. The molecule has 0 saturated heterocycles. The highest BCUT2D eigenvalue weighted by atomic mass is 19.1. The SMILES string of the molecule is COc1cccc(F)c1CCc1ccc(-c2c(C)nn(C3CC3)c2C)c2nncn12. The number of ether oxygens (including phenoxy) is 1. The quantitative estimate of drug-likeness (QED) is 0.475. The molecular weight excluding hydrogens is 381 g/mol. The van der Waals surface area contributed by atoms with Gasteiger partial charge in [0, 0.05) is 28.1 Å². The van der Waals surface area contributed by atoms with Crippen LogP contribution < -0.4 is 4.74 Å². The summed E-state index contributed by atoms with van der Waals surface area (Å²) in [6.45, 7) is 4.17. The molecule has 1 fully saturated rings. The molecule has 3 aromatic heterocycles. The Morgan fingerprint density at radius 1 is 1.13 bits per heavy atom. The average Bonchev–Trinajstić information content (AvgIpc) is 3.38. The van der Waals surface area contributed by atoms with Crippen LogP contribution in [0.5, 0.6) is 5.75 Å². The van der Waals surface area contributed by atoms with Gasteiger partial charge in [0.05, 0.1) is 18.8 Å². The minimum atomic E-state index is -0.246. The van der Waals surface area contributed by atoms with Crippen LogP contribution >= 0.6 is 0 Å². The standard InChI is InChI=1S/C23H24FN5O/c1-14-22(15(2)29(27-14)17-7-8-17)19-12-10-16(28-13-25-26-23(19)28)9-11-18-20(24)5-4-6-21(18)30-3/h4-6,10,12-13,17H,7-9,11H2,1-3H3. The molecule has 1 aliphatic carbocycles. The van der Waals surface area contributed by atoms with E-state index in [1.54, 1.807) is 25.6 Å². The second-order valence-electron chi connectivity index (χ2n) is 7.91. The number of halogens is 1. The van der Waals surface area contributed by atoms with Gasteiger partial charge >= 0.3 is 0 Å². The Morgan fingerprint density at radius 3 is 2.73 bits per heavy atom. The van der Waals surface area contributed by atoms with E-state index in [-0.39, 0.29) is 5.82 Å². The molecule has 0 bridgehead atoms. The maximum absolute atomic E-state index is 14.3. The van der Waals surface area contributed by atoms with E-state index in [2.05, 4.69) is 33.9 Å². The lowest BCUT2D eigenvalue weighted by atomic mass is 10.0. The fourth-order valence-electron chi connectivity index (χ4n) is 4.32. The first-order chi connectivity index (χ1) is 14.6. The zero-order chi connectivity index (χ0) is 20.8. The normalized spacial score (nSPS) is 13.9. The van der Waals surface area contributed by atoms with Gasteiger partial charge in [-0.15, -0.1) is 10.2 Å². The molecule has 4 aromatic rings. The maximum Gasteiger partial charge on any atom is 0.168 e. The molecule has 0 amide bonds. The van der Waals surface area contributed by atoms with E-state index in [9.17, 15) is 4.39 Å². The summed E-state index contributed by atoms with van der Waals surface area (Å²) >= 11 is 0. The van der Waals surface area contributed by atoms with Crippen LogP contribution in [0.2, 0.25) is 0 Å². The Labute approximate surface area is 174 Å². The van der Waals surface area contributed by atoms with E-state index in [0.29, 0.717) is 30.2 Å². The minimum Gasteiger partial charge on any atom is -0.496 e. The van der Waals surface area contributed by atoms with Gasteiger partial charge in [-0.1, -0.05) is 6.07 Å². The second-order valence-corrected chi connectivity index (χ2v) is 7.91. The first-order valence-corrected chi connectivity index (χ1v) is 10.3. The van der Waals surface area contributed by atoms with Gasteiger partial charge in [-0.2, -0.15) is 5.10 Å². The zero-order valence-corrected chi connectivity index (χ0v) is 17.4. The summed E-state index contributed by atoms with van der Waals surface area (Å²) in [4.78, 5) is 0. The number of hydrogen-bond donors (Lipinski definition) is 0. The Morgan fingerprint density at radius 2 is 1.97 bits per heavy atom. The molecule has 154 valence electrons. The Balaban J connectivity index is 1.52. The molecule has 30 heavy (non-hydrogen) atoms. The number of aromatic nitrogens is 5. The highest BCUT2D eigenvalue weighted by molar-refractivity contribution is 5.80. The van der Waals surface area contributed by atoms with E-state index in [1.165, 1.54) is 24.6 Å². The monoisotopic (exact) mass is 405 g/mol. The molecule has 0 spiro atoms. The van der Waals surface area contributed by atoms with Crippen LogP contribution in [0.1, 0.15) is 41.5 Å². The Bertz CT molecular complexity index is 1240. The molecule has 0 radical (unpaired) electrons. The van der Waals surface area contributed by atoms with E-state index in [4.69, 9.17) is 9.84 Å². The van der Waals surface area contributed by atoms with Crippen molar-refractivity contribution in [1.29, 1.82) is 0 Å². The predicted molar refractivity (Wildman–Crippen MR) is 112 cm³/mol. The lowest BCUT2D eigenvalue weighted by Crippen LogP contribution is -2.03. The lowest BCUT2D eigenvalue weighted by Gasteiger charge is -2.12. The van der Waals surface area contributed by atoms with Gasteiger partial charge in [0.2, 0.25) is 0 Å². The van der Waals surface area contributed by atoms with Crippen molar-refractivity contribution in [3.63, 3.8) is 0 Å². The molecule has 7 heteroatoms. The third-order valence-corrected chi connectivity index (χ3v) is 5.95. The van der Waals surface area contributed by atoms with Crippen molar-refractivity contribution in [2.45, 2.75) is 45.6 Å². The summed E-state index contributed by atoms with van der Waals surface area (Å²) < 4.78 is 23.8. The van der Waals surface area contributed by atoms with Crippen LogP contribution in [-0.2, 0) is 12.8 Å². The number of fused-ring (bicyclic) bond motifs is 1. The summed E-state index contributed by atoms with van der Waals surface area (Å²) in [6, 6.07) is 9.62. The number of nitrogens with zero attached hydrogens (tertiary/aromatic N) is 5. The second kappa shape index (κ2) is 7.23. The number of benzene rings is 1. The van der Waals surface area contributed by atoms with Crippen LogP contribution in [0.25, 0.3) is 16.8 Å². The molecule has 1 aliphatic rings. The first-order valence-electron chi connectivity index (χ1n) is 10.3. The van der Waals surface area contributed by atoms with Crippen molar-refractivity contribution in [3.05, 3.63) is 65.1 Å². The van der Waals surface area contributed by atoms with Gasteiger partial charge in [-0.3, -0.25) is 9.08 Å². The number of hydrogen-bond acceptors (Lipinski definition) is 4. The van der Waals surface area contributed by atoms with Gasteiger partial charge in [0.15, 0.2) is 5.65 Å². The van der Waals surface area contributed by atoms with E-state index in [1.807, 2.05) is 11.3 Å². The maximum atomic E-state index is 14.3. The van der Waals surface area contributed by atoms with Gasteiger partial charge in [-0.05, 0) is 63.8 Å². The van der Waals surface area contributed by atoms with Crippen LogP contribution in [0.3, 0.4) is 0 Å². The topological polar surface area (TPSA) is 57.2 Å². The van der Waals surface area contributed by atoms with Crippen molar-refractivity contribution < 1.29 is 9.13 Å². The van der Waals surface area contributed by atoms with Gasteiger partial charge in [0.25, 0.3) is 0 Å². The molecule has 0 atom stereocenters. The largest absolute Gasteiger partial charge is 0.496 e. The number of rotatable bonds is 6. The van der Waals surface area contributed by atoms with Crippen molar-refractivity contribution >= 4 is 5.65 Å². The van der Waals surface area contributed by atoms with Crippen molar-refractivity contribution in [3.8, 4) is 16.9 Å². The van der Waals surface area contributed by atoms with Crippen LogP contribution in [0.15, 0.2) is 36.7 Å². The van der Waals surface area contributed by atoms with Gasteiger partial charge in [-0.25, -0.2) is 4.39 Å². The first kappa shape index (κ1) is 18.8. The van der Waals surface area contributed by atoms with Gasteiger partial charge in [0.1, 0.15) is 17.9 Å². The van der Waals surface area contributed by atoms with Crippen molar-refractivity contribution in [2.24, 2.45) is 0 Å². The number of aryl methyl sites for hydroxylation is 2. The van der Waals surface area contributed by atoms with Crippen LogP contribution in [0.4, 0.5) is 4.39 Å². The van der Waals surface area contributed by atoms with E-state index in [0.717, 1.165) is 28.2 Å². The van der Waals surface area contributed by atoms with Gasteiger partial charge < -0.3 is 4.74 Å². The zero-order valence-electron chi connectivity index (χ0n) is 17.4. The summed E-state index contributed by atoms with van der Waals surface area (Å²) in [5.41, 5.74) is 6.74. The fraction of sp³-hybridized carbons (Fsp3) is 0.348. The van der Waals surface area contributed by atoms with E-state index < -0.39 is 0 Å². The lowest BCUT2D eigenvalue weighted by molar-refractivity contribution is 0.404. The third kappa shape index (κ3) is 3.05. The molecule has 6 nitrogen and oxygen atoms in total. The molecule has 3 heterocycles.